The van der Waals surface area contributed by atoms with E-state index in [1.807, 2.05) is 37.3 Å². The monoisotopic (exact) mass is 278 g/mol. The molecule has 2 nitrogen and oxygen atoms in total. The predicted octanol–water partition coefficient (Wildman–Crippen LogP) is 4.78. The maximum Gasteiger partial charge on any atom is 0.119 e. The SMILES string of the molecule is Cc1ccc([C@H](c2ccc(C)o2)c2ccccc2O)cc1. The lowest BCUT2D eigenvalue weighted by Gasteiger charge is -2.17. The first kappa shape index (κ1) is 13.5. The van der Waals surface area contributed by atoms with Crippen LogP contribution in [0.25, 0.3) is 0 Å². The fraction of sp³-hybridized carbons (Fsp3) is 0.158. The van der Waals surface area contributed by atoms with Gasteiger partial charge in [-0.15, -0.1) is 0 Å². The molecule has 3 aromatic rings. The van der Waals surface area contributed by atoms with Gasteiger partial charge < -0.3 is 9.52 Å². The predicted molar refractivity (Wildman–Crippen MR) is 83.7 cm³/mol. The molecule has 0 amide bonds. The van der Waals surface area contributed by atoms with Crippen LogP contribution >= 0.6 is 0 Å². The Balaban J connectivity index is 2.15. The zero-order chi connectivity index (χ0) is 14.8. The highest BCUT2D eigenvalue weighted by atomic mass is 16.3. The van der Waals surface area contributed by atoms with Crippen molar-refractivity contribution in [1.82, 2.24) is 0 Å². The van der Waals surface area contributed by atoms with Gasteiger partial charge in [-0.1, -0.05) is 48.0 Å². The largest absolute Gasteiger partial charge is 0.508 e. The second-order valence-corrected chi connectivity index (χ2v) is 5.35. The molecule has 1 atom stereocenters. The minimum Gasteiger partial charge on any atom is -0.508 e. The van der Waals surface area contributed by atoms with Crippen LogP contribution in [0.5, 0.6) is 5.75 Å². The summed E-state index contributed by atoms with van der Waals surface area (Å²) in [6, 6.07) is 19.7. The first-order valence-electron chi connectivity index (χ1n) is 7.06. The first-order valence-corrected chi connectivity index (χ1v) is 7.06. The average Bonchev–Trinajstić information content (AvgIpc) is 2.90. The van der Waals surface area contributed by atoms with Crippen molar-refractivity contribution in [2.45, 2.75) is 19.8 Å². The molecule has 0 saturated carbocycles. The molecular formula is C19H18O2. The summed E-state index contributed by atoms with van der Waals surface area (Å²) in [5.41, 5.74) is 3.18. The van der Waals surface area contributed by atoms with Crippen molar-refractivity contribution in [3.8, 4) is 5.75 Å². The van der Waals surface area contributed by atoms with E-state index < -0.39 is 0 Å². The Morgan fingerprint density at radius 1 is 0.857 bits per heavy atom. The lowest BCUT2D eigenvalue weighted by molar-refractivity contribution is 0.450. The third-order valence-corrected chi connectivity index (χ3v) is 3.70. The summed E-state index contributed by atoms with van der Waals surface area (Å²) in [7, 11) is 0. The zero-order valence-corrected chi connectivity index (χ0v) is 12.2. The van der Waals surface area contributed by atoms with E-state index in [1.54, 1.807) is 6.07 Å². The number of hydrogen-bond donors (Lipinski definition) is 1. The number of hydrogen-bond acceptors (Lipinski definition) is 2. The fourth-order valence-electron chi connectivity index (χ4n) is 2.60. The van der Waals surface area contributed by atoms with Gasteiger partial charge in [0, 0.05) is 5.56 Å². The van der Waals surface area contributed by atoms with Crippen LogP contribution < -0.4 is 0 Å². The van der Waals surface area contributed by atoms with Gasteiger partial charge in [0.25, 0.3) is 0 Å². The third kappa shape index (κ3) is 2.70. The molecule has 1 heterocycles. The van der Waals surface area contributed by atoms with Crippen molar-refractivity contribution < 1.29 is 9.52 Å². The molecule has 0 radical (unpaired) electrons. The standard InChI is InChI=1S/C19H18O2/c1-13-7-10-15(11-8-13)19(18-12-9-14(2)21-18)16-5-3-4-6-17(16)20/h3-12,19-20H,1-2H3/t19-/m0/s1. The third-order valence-electron chi connectivity index (χ3n) is 3.70. The Bertz CT molecular complexity index is 738. The summed E-state index contributed by atoms with van der Waals surface area (Å²) in [6.45, 7) is 4.00. The zero-order valence-electron chi connectivity index (χ0n) is 12.2. The number of rotatable bonds is 3. The molecule has 0 saturated heterocycles. The molecule has 2 aromatic carbocycles. The Morgan fingerprint density at radius 2 is 1.57 bits per heavy atom. The Labute approximate surface area is 124 Å². The first-order chi connectivity index (χ1) is 10.1. The lowest BCUT2D eigenvalue weighted by Crippen LogP contribution is -2.02. The number of aromatic hydroxyl groups is 1. The molecule has 2 heteroatoms. The summed E-state index contributed by atoms with van der Waals surface area (Å²) >= 11 is 0. The van der Waals surface area contributed by atoms with E-state index in [0.29, 0.717) is 0 Å². The molecule has 0 aliphatic rings. The van der Waals surface area contributed by atoms with Gasteiger partial charge >= 0.3 is 0 Å². The second-order valence-electron chi connectivity index (χ2n) is 5.35. The minimum absolute atomic E-state index is 0.0968. The van der Waals surface area contributed by atoms with Crippen molar-refractivity contribution in [2.75, 3.05) is 0 Å². The highest BCUT2D eigenvalue weighted by Crippen LogP contribution is 2.37. The summed E-state index contributed by atoms with van der Waals surface area (Å²) in [5, 5.41) is 10.2. The van der Waals surface area contributed by atoms with Crippen molar-refractivity contribution in [2.24, 2.45) is 0 Å². The summed E-state index contributed by atoms with van der Waals surface area (Å²) < 4.78 is 5.83. The van der Waals surface area contributed by atoms with Crippen LogP contribution in [0.3, 0.4) is 0 Å². The van der Waals surface area contributed by atoms with E-state index in [2.05, 4.69) is 31.2 Å². The maximum absolute atomic E-state index is 10.2. The molecule has 21 heavy (non-hydrogen) atoms. The van der Waals surface area contributed by atoms with Gasteiger partial charge in [-0.05, 0) is 37.6 Å². The van der Waals surface area contributed by atoms with E-state index in [4.69, 9.17) is 4.42 Å². The number of furan rings is 1. The molecule has 0 unspecified atom stereocenters. The molecule has 0 aliphatic carbocycles. The molecule has 3 rings (SSSR count). The van der Waals surface area contributed by atoms with E-state index >= 15 is 0 Å². The fourth-order valence-corrected chi connectivity index (χ4v) is 2.60. The lowest BCUT2D eigenvalue weighted by atomic mass is 9.88. The van der Waals surface area contributed by atoms with Crippen LogP contribution in [-0.4, -0.2) is 5.11 Å². The van der Waals surface area contributed by atoms with Crippen LogP contribution in [0.15, 0.2) is 65.1 Å². The number of benzene rings is 2. The van der Waals surface area contributed by atoms with Crippen molar-refractivity contribution in [3.05, 3.63) is 88.9 Å². The molecule has 106 valence electrons. The quantitative estimate of drug-likeness (QED) is 0.747. The number of aryl methyl sites for hydroxylation is 2. The van der Waals surface area contributed by atoms with E-state index in [9.17, 15) is 5.11 Å². The van der Waals surface area contributed by atoms with E-state index in [1.165, 1.54) is 5.56 Å². The molecule has 0 aliphatic heterocycles. The van der Waals surface area contributed by atoms with Gasteiger partial charge in [-0.25, -0.2) is 0 Å². The highest BCUT2D eigenvalue weighted by molar-refractivity contribution is 5.46. The Hall–Kier alpha value is -2.48. The van der Waals surface area contributed by atoms with Crippen LogP contribution in [0.1, 0.15) is 34.1 Å². The van der Waals surface area contributed by atoms with Crippen molar-refractivity contribution in [3.63, 3.8) is 0 Å². The van der Waals surface area contributed by atoms with Gasteiger partial charge in [0.2, 0.25) is 0 Å². The summed E-state index contributed by atoms with van der Waals surface area (Å²) in [4.78, 5) is 0. The smallest absolute Gasteiger partial charge is 0.119 e. The van der Waals surface area contributed by atoms with E-state index in [-0.39, 0.29) is 11.7 Å². The van der Waals surface area contributed by atoms with Crippen LogP contribution in [0, 0.1) is 13.8 Å². The topological polar surface area (TPSA) is 33.4 Å². The van der Waals surface area contributed by atoms with Crippen molar-refractivity contribution >= 4 is 0 Å². The van der Waals surface area contributed by atoms with Gasteiger partial charge in [0.15, 0.2) is 0 Å². The second kappa shape index (κ2) is 5.49. The number of phenolic OH excluding ortho intramolecular Hbond substituents is 1. The molecule has 1 N–H and O–H groups in total. The van der Waals surface area contributed by atoms with Crippen molar-refractivity contribution in [1.29, 1.82) is 0 Å². The molecule has 0 fully saturated rings. The highest BCUT2D eigenvalue weighted by Gasteiger charge is 2.22. The van der Waals surface area contributed by atoms with Gasteiger partial charge in [0.05, 0.1) is 5.92 Å². The van der Waals surface area contributed by atoms with Gasteiger partial charge in [0.1, 0.15) is 17.3 Å². The Kier molecular flexibility index (Phi) is 3.53. The molecule has 0 spiro atoms. The van der Waals surface area contributed by atoms with E-state index in [0.717, 1.165) is 22.6 Å². The average molecular weight is 278 g/mol. The van der Waals surface area contributed by atoms with Crippen LogP contribution in [-0.2, 0) is 0 Å². The van der Waals surface area contributed by atoms with Crippen LogP contribution in [0.4, 0.5) is 0 Å². The minimum atomic E-state index is -0.0968. The Morgan fingerprint density at radius 3 is 2.19 bits per heavy atom. The molecular weight excluding hydrogens is 260 g/mol. The summed E-state index contributed by atoms with van der Waals surface area (Å²) in [6.07, 6.45) is 0. The number of para-hydroxylation sites is 1. The van der Waals surface area contributed by atoms with Crippen LogP contribution in [0.2, 0.25) is 0 Å². The maximum atomic E-state index is 10.2. The van der Waals surface area contributed by atoms with Gasteiger partial charge in [-0.3, -0.25) is 0 Å². The van der Waals surface area contributed by atoms with Gasteiger partial charge in [-0.2, -0.15) is 0 Å². The summed E-state index contributed by atoms with van der Waals surface area (Å²) in [5.74, 6) is 1.91. The normalized spacial score (nSPS) is 12.3. The molecule has 1 aromatic heterocycles. The molecule has 0 bridgehead atoms. The number of phenols is 1.